The fraction of sp³-hybridized carbons (Fsp3) is 0.379. The van der Waals surface area contributed by atoms with E-state index in [-0.39, 0.29) is 42.3 Å². The predicted octanol–water partition coefficient (Wildman–Crippen LogP) is 4.55. The number of likely N-dealkylation sites (N-methyl/N-ethyl adjacent to an activating group) is 1. The van der Waals surface area contributed by atoms with Crippen molar-refractivity contribution in [1.29, 1.82) is 0 Å². The molecule has 3 atom stereocenters. The normalized spacial score (nSPS) is 18.9. The number of carbonyl (C=O) groups is 1. The van der Waals surface area contributed by atoms with Gasteiger partial charge in [-0.2, -0.15) is 0 Å². The Bertz CT molecular complexity index is 1220. The van der Waals surface area contributed by atoms with Gasteiger partial charge in [0.2, 0.25) is 5.88 Å². The van der Waals surface area contributed by atoms with Gasteiger partial charge < -0.3 is 14.7 Å². The minimum atomic E-state index is -0.357. The molecule has 0 fully saturated rings. The molecule has 4 rings (SSSR count). The third-order valence-electron chi connectivity index (χ3n) is 6.87. The number of pyridine rings is 1. The molecular formula is C29H34FN3O3. The Balaban J connectivity index is 1.67. The second kappa shape index (κ2) is 11.2. The molecule has 1 amide bonds. The number of benzene rings is 2. The summed E-state index contributed by atoms with van der Waals surface area (Å²) in [5.74, 6) is -0.208. The molecule has 2 aromatic carbocycles. The molecule has 0 saturated heterocycles. The van der Waals surface area contributed by atoms with Crippen molar-refractivity contribution >= 4 is 5.91 Å². The number of aliphatic hydroxyl groups is 1. The van der Waals surface area contributed by atoms with E-state index in [1.807, 2.05) is 69.1 Å². The first-order valence-electron chi connectivity index (χ1n) is 12.3. The van der Waals surface area contributed by atoms with Crippen LogP contribution in [-0.4, -0.2) is 64.7 Å². The molecule has 3 aromatic rings. The Labute approximate surface area is 212 Å². The molecule has 1 aliphatic rings. The van der Waals surface area contributed by atoms with E-state index in [1.165, 1.54) is 6.07 Å². The maximum absolute atomic E-state index is 14.2. The zero-order valence-corrected chi connectivity index (χ0v) is 21.3. The molecule has 1 N–H and O–H groups in total. The van der Waals surface area contributed by atoms with Crippen LogP contribution in [0.1, 0.15) is 35.3 Å². The number of hydrogen-bond donors (Lipinski definition) is 1. The zero-order valence-electron chi connectivity index (χ0n) is 21.3. The first-order valence-corrected chi connectivity index (χ1v) is 12.3. The van der Waals surface area contributed by atoms with Gasteiger partial charge in [0, 0.05) is 42.9 Å². The summed E-state index contributed by atoms with van der Waals surface area (Å²) in [6.45, 7) is 7.12. The van der Waals surface area contributed by atoms with Crippen LogP contribution in [-0.2, 0) is 6.54 Å². The summed E-state index contributed by atoms with van der Waals surface area (Å²) in [4.78, 5) is 22.0. The third kappa shape index (κ3) is 5.58. The van der Waals surface area contributed by atoms with Gasteiger partial charge in [0.15, 0.2) is 0 Å². The quantitative estimate of drug-likeness (QED) is 0.525. The van der Waals surface area contributed by atoms with E-state index in [4.69, 9.17) is 4.74 Å². The lowest BCUT2D eigenvalue weighted by Crippen LogP contribution is -2.49. The van der Waals surface area contributed by atoms with Gasteiger partial charge in [0.05, 0.1) is 12.6 Å². The molecule has 0 unspecified atom stereocenters. The fourth-order valence-electron chi connectivity index (χ4n) is 4.65. The van der Waals surface area contributed by atoms with Gasteiger partial charge in [-0.3, -0.25) is 9.69 Å². The number of halogens is 1. The number of amides is 1. The van der Waals surface area contributed by atoms with Crippen molar-refractivity contribution in [1.82, 2.24) is 14.8 Å². The molecular weight excluding hydrogens is 457 g/mol. The van der Waals surface area contributed by atoms with Gasteiger partial charge in [0.1, 0.15) is 17.5 Å². The molecule has 0 bridgehead atoms. The van der Waals surface area contributed by atoms with Crippen LogP contribution in [0, 0.1) is 18.7 Å². The van der Waals surface area contributed by atoms with Crippen LogP contribution >= 0.6 is 0 Å². The maximum Gasteiger partial charge on any atom is 0.259 e. The van der Waals surface area contributed by atoms with Crippen molar-refractivity contribution in [3.8, 4) is 17.0 Å². The topological polar surface area (TPSA) is 65.9 Å². The number of fused-ring (bicyclic) bond motifs is 1. The molecule has 0 saturated carbocycles. The fourth-order valence-corrected chi connectivity index (χ4v) is 4.65. The molecule has 36 heavy (non-hydrogen) atoms. The lowest BCUT2D eigenvalue weighted by atomic mass is 9.98. The number of aliphatic hydroxyl groups excluding tert-OH is 1. The average molecular weight is 492 g/mol. The highest BCUT2D eigenvalue weighted by Crippen LogP contribution is 2.31. The summed E-state index contributed by atoms with van der Waals surface area (Å²) >= 11 is 0. The first-order chi connectivity index (χ1) is 17.3. The van der Waals surface area contributed by atoms with E-state index < -0.39 is 0 Å². The summed E-state index contributed by atoms with van der Waals surface area (Å²) < 4.78 is 20.6. The minimum Gasteiger partial charge on any atom is -0.472 e. The van der Waals surface area contributed by atoms with Crippen LogP contribution in [0.2, 0.25) is 0 Å². The number of aromatic nitrogens is 1. The molecule has 0 aliphatic carbocycles. The highest BCUT2D eigenvalue weighted by atomic mass is 19.1. The number of aryl methyl sites for hydroxylation is 1. The van der Waals surface area contributed by atoms with Crippen LogP contribution in [0.15, 0.2) is 60.8 Å². The van der Waals surface area contributed by atoms with Crippen LogP contribution in [0.25, 0.3) is 11.1 Å². The van der Waals surface area contributed by atoms with Crippen molar-refractivity contribution in [3.63, 3.8) is 0 Å². The van der Waals surface area contributed by atoms with E-state index in [9.17, 15) is 14.3 Å². The van der Waals surface area contributed by atoms with Gasteiger partial charge in [-0.1, -0.05) is 49.4 Å². The van der Waals surface area contributed by atoms with E-state index in [2.05, 4.69) is 4.98 Å². The van der Waals surface area contributed by atoms with Crippen molar-refractivity contribution in [2.24, 2.45) is 5.92 Å². The summed E-state index contributed by atoms with van der Waals surface area (Å²) in [6.07, 6.45) is 1.44. The highest BCUT2D eigenvalue weighted by Gasteiger charge is 2.34. The van der Waals surface area contributed by atoms with E-state index in [0.29, 0.717) is 30.8 Å². The molecule has 190 valence electrons. The lowest BCUT2D eigenvalue weighted by Gasteiger charge is -2.37. The lowest BCUT2D eigenvalue weighted by molar-refractivity contribution is 0.0324. The van der Waals surface area contributed by atoms with Gasteiger partial charge in [-0.15, -0.1) is 0 Å². The SMILES string of the molecule is Cc1ccccc1-c1cnc2c(c1)C(=O)N([C@@H](C)CO)C[C@H](C)[C@H](CN(C)Cc1ccccc1F)O2. The van der Waals surface area contributed by atoms with Gasteiger partial charge in [-0.25, -0.2) is 9.37 Å². The van der Waals surface area contributed by atoms with Crippen molar-refractivity contribution in [3.05, 3.63) is 83.3 Å². The number of nitrogens with zero attached hydrogens (tertiary/aromatic N) is 3. The standard InChI is InChI=1S/C29H34FN3O3/c1-19-9-5-7-11-24(19)23-13-25-28(31-14-23)36-27(20(2)15-33(29(25)35)21(3)18-34)17-32(4)16-22-10-6-8-12-26(22)30/h5-14,20-21,27,34H,15-18H2,1-4H3/t20-,21-,27-/m0/s1. The van der Waals surface area contributed by atoms with Crippen molar-refractivity contribution < 1.29 is 19.0 Å². The van der Waals surface area contributed by atoms with E-state index in [0.717, 1.165) is 16.7 Å². The highest BCUT2D eigenvalue weighted by molar-refractivity contribution is 5.98. The van der Waals surface area contributed by atoms with E-state index >= 15 is 0 Å². The Morgan fingerprint density at radius 1 is 1.19 bits per heavy atom. The zero-order chi connectivity index (χ0) is 25.8. The average Bonchev–Trinajstić information content (AvgIpc) is 2.87. The third-order valence-corrected chi connectivity index (χ3v) is 6.87. The van der Waals surface area contributed by atoms with Crippen LogP contribution in [0.4, 0.5) is 4.39 Å². The van der Waals surface area contributed by atoms with Gasteiger partial charge in [-0.05, 0) is 44.2 Å². The first kappa shape index (κ1) is 25.8. The van der Waals surface area contributed by atoms with Crippen LogP contribution in [0.5, 0.6) is 5.88 Å². The Morgan fingerprint density at radius 2 is 1.92 bits per heavy atom. The molecule has 2 heterocycles. The van der Waals surface area contributed by atoms with Crippen LogP contribution in [0.3, 0.4) is 0 Å². The Hall–Kier alpha value is -3.29. The molecule has 0 radical (unpaired) electrons. The second-order valence-corrected chi connectivity index (χ2v) is 9.80. The maximum atomic E-state index is 14.2. The molecule has 0 spiro atoms. The molecule has 7 heteroatoms. The van der Waals surface area contributed by atoms with Crippen molar-refractivity contribution in [2.45, 2.75) is 39.5 Å². The van der Waals surface area contributed by atoms with Crippen molar-refractivity contribution in [2.75, 3.05) is 26.7 Å². The molecule has 6 nitrogen and oxygen atoms in total. The number of carbonyl (C=O) groups excluding carboxylic acids is 1. The van der Waals surface area contributed by atoms with E-state index in [1.54, 1.807) is 23.2 Å². The summed E-state index contributed by atoms with van der Waals surface area (Å²) in [5, 5.41) is 9.89. The molecule has 1 aromatic heterocycles. The largest absolute Gasteiger partial charge is 0.472 e. The summed E-state index contributed by atoms with van der Waals surface area (Å²) in [7, 11) is 1.93. The summed E-state index contributed by atoms with van der Waals surface area (Å²) in [6, 6.07) is 16.2. The monoisotopic (exact) mass is 491 g/mol. The minimum absolute atomic E-state index is 0.0444. The predicted molar refractivity (Wildman–Crippen MR) is 138 cm³/mol. The molecule has 1 aliphatic heterocycles. The van der Waals surface area contributed by atoms with Gasteiger partial charge >= 0.3 is 0 Å². The van der Waals surface area contributed by atoms with Gasteiger partial charge in [0.25, 0.3) is 5.91 Å². The number of hydrogen-bond acceptors (Lipinski definition) is 5. The Kier molecular flexibility index (Phi) is 8.01. The number of rotatable bonds is 7. The van der Waals surface area contributed by atoms with Crippen LogP contribution < -0.4 is 4.74 Å². The Morgan fingerprint density at radius 3 is 2.64 bits per heavy atom. The summed E-state index contributed by atoms with van der Waals surface area (Å²) in [5.41, 5.74) is 3.91. The smallest absolute Gasteiger partial charge is 0.259 e. The number of ether oxygens (including phenoxy) is 1. The second-order valence-electron chi connectivity index (χ2n) is 9.80.